The maximum atomic E-state index is 13.0. The molecule has 4 nitrogen and oxygen atoms in total. The highest BCUT2D eigenvalue weighted by molar-refractivity contribution is 5.95. The first-order valence-electron chi connectivity index (χ1n) is 10.2. The number of amides is 1. The minimum Gasteiger partial charge on any atom is -0.365 e. The molecule has 0 aromatic heterocycles. The summed E-state index contributed by atoms with van der Waals surface area (Å²) in [6.45, 7) is 1.30. The van der Waals surface area contributed by atoms with E-state index in [4.69, 9.17) is 4.74 Å². The second-order valence-corrected chi connectivity index (χ2v) is 7.58. The van der Waals surface area contributed by atoms with Gasteiger partial charge in [0.2, 0.25) is 0 Å². The molecule has 170 valence electrons. The number of benzene rings is 3. The van der Waals surface area contributed by atoms with Crippen LogP contribution in [-0.4, -0.2) is 38.3 Å². The van der Waals surface area contributed by atoms with Crippen molar-refractivity contribution in [3.63, 3.8) is 0 Å². The number of morpholine rings is 1. The van der Waals surface area contributed by atoms with Crippen LogP contribution in [-0.2, 0) is 22.1 Å². The van der Waals surface area contributed by atoms with Crippen molar-refractivity contribution in [2.24, 2.45) is 0 Å². The molecule has 1 saturated heterocycles. The molecule has 0 aliphatic carbocycles. The highest BCUT2D eigenvalue weighted by Gasteiger charge is 2.32. The van der Waals surface area contributed by atoms with Crippen molar-refractivity contribution >= 4 is 34.8 Å². The van der Waals surface area contributed by atoms with Crippen LogP contribution in [0.1, 0.15) is 11.1 Å². The monoisotopic (exact) mass is 464 g/mol. The first-order chi connectivity index (χ1) is 14.9. The molecule has 1 aliphatic heterocycles. The van der Waals surface area contributed by atoms with Crippen molar-refractivity contribution < 1.29 is 22.7 Å². The number of fused-ring (bicyclic) bond motifs is 1. The maximum absolute atomic E-state index is 13.0. The van der Waals surface area contributed by atoms with E-state index < -0.39 is 11.7 Å². The first-order valence-corrected chi connectivity index (χ1v) is 10.2. The summed E-state index contributed by atoms with van der Waals surface area (Å²) in [4.78, 5) is 13.6. The molecule has 8 heteroatoms. The molecule has 1 fully saturated rings. The lowest BCUT2D eigenvalue weighted by Crippen LogP contribution is -2.50. The molecule has 3 aromatic rings. The van der Waals surface area contributed by atoms with Gasteiger partial charge in [0.1, 0.15) is 6.61 Å². The summed E-state index contributed by atoms with van der Waals surface area (Å²) in [5.41, 5.74) is 0.717. The van der Waals surface area contributed by atoms with E-state index in [1.807, 2.05) is 18.2 Å². The minimum absolute atomic E-state index is 0. The molecule has 1 amide bonds. The fourth-order valence-corrected chi connectivity index (χ4v) is 3.84. The van der Waals surface area contributed by atoms with Crippen LogP contribution in [0, 0.1) is 0 Å². The third-order valence-corrected chi connectivity index (χ3v) is 5.44. The second-order valence-electron chi connectivity index (χ2n) is 7.58. The molecule has 1 N–H and O–H groups in total. The molecule has 1 atom stereocenters. The van der Waals surface area contributed by atoms with Gasteiger partial charge in [-0.1, -0.05) is 48.5 Å². The molecule has 0 radical (unpaired) electrons. The quantitative estimate of drug-likeness (QED) is 0.530. The van der Waals surface area contributed by atoms with Crippen LogP contribution < -0.4 is 10.2 Å². The van der Waals surface area contributed by atoms with Gasteiger partial charge >= 0.3 is 6.18 Å². The lowest BCUT2D eigenvalue weighted by atomic mass is 10.0. The Kier molecular flexibility index (Phi) is 7.77. The van der Waals surface area contributed by atoms with Crippen LogP contribution in [0.3, 0.4) is 0 Å². The fourth-order valence-electron chi connectivity index (χ4n) is 3.84. The van der Waals surface area contributed by atoms with Gasteiger partial charge in [-0.05, 0) is 47.5 Å². The first kappa shape index (κ1) is 24.0. The van der Waals surface area contributed by atoms with E-state index in [0.717, 1.165) is 25.1 Å². The Balaban J connectivity index is 0.00000289. The van der Waals surface area contributed by atoms with E-state index in [1.54, 1.807) is 0 Å². The zero-order chi connectivity index (χ0) is 21.8. The molecule has 1 unspecified atom stereocenters. The van der Waals surface area contributed by atoms with Crippen molar-refractivity contribution in [1.29, 1.82) is 0 Å². The van der Waals surface area contributed by atoms with E-state index >= 15 is 0 Å². The van der Waals surface area contributed by atoms with Gasteiger partial charge in [-0.3, -0.25) is 4.79 Å². The van der Waals surface area contributed by atoms with Crippen LogP contribution in [0.15, 0.2) is 66.7 Å². The van der Waals surface area contributed by atoms with Crippen LogP contribution in [0.25, 0.3) is 10.8 Å². The van der Waals surface area contributed by atoms with E-state index in [9.17, 15) is 18.0 Å². The summed E-state index contributed by atoms with van der Waals surface area (Å²) in [6.07, 6.45) is -3.90. The van der Waals surface area contributed by atoms with E-state index in [1.165, 1.54) is 33.4 Å². The lowest BCUT2D eigenvalue weighted by Gasteiger charge is -2.33. The second kappa shape index (κ2) is 10.3. The maximum Gasteiger partial charge on any atom is 0.416 e. The third kappa shape index (κ3) is 5.59. The van der Waals surface area contributed by atoms with Gasteiger partial charge in [0, 0.05) is 12.2 Å². The molecule has 4 rings (SSSR count). The number of hydrogen-bond donors (Lipinski definition) is 1. The standard InChI is InChI=1S/C24H23F3N2O2.ClH/c25-24(26,27)19-8-4-9-20(13-19)29-15-21(31-16-23(29)30)14-28-12-11-18-7-3-6-17-5-1-2-10-22(17)18;/h1-10,13,21,28H,11-12,14-16H2;1H. The van der Waals surface area contributed by atoms with E-state index in [-0.39, 0.29) is 43.3 Å². The fraction of sp³-hybridized carbons (Fsp3) is 0.292. The minimum atomic E-state index is -4.45. The molecule has 32 heavy (non-hydrogen) atoms. The summed E-state index contributed by atoms with van der Waals surface area (Å²) in [7, 11) is 0. The van der Waals surface area contributed by atoms with Gasteiger partial charge in [-0.2, -0.15) is 13.2 Å². The van der Waals surface area contributed by atoms with Crippen molar-refractivity contribution in [2.75, 3.05) is 31.1 Å². The number of alkyl halides is 3. The number of nitrogens with zero attached hydrogens (tertiary/aromatic N) is 1. The van der Waals surface area contributed by atoms with Crippen molar-refractivity contribution in [1.82, 2.24) is 5.32 Å². The number of carbonyl (C=O) groups excluding carboxylic acids is 1. The van der Waals surface area contributed by atoms with Gasteiger partial charge in [0.15, 0.2) is 0 Å². The largest absolute Gasteiger partial charge is 0.416 e. The Bertz CT molecular complexity index is 1070. The predicted molar refractivity (Wildman–Crippen MR) is 121 cm³/mol. The molecule has 3 aromatic carbocycles. The summed E-state index contributed by atoms with van der Waals surface area (Å²) < 4.78 is 44.6. The van der Waals surface area contributed by atoms with Gasteiger partial charge in [0.25, 0.3) is 5.91 Å². The van der Waals surface area contributed by atoms with Gasteiger partial charge < -0.3 is 15.0 Å². The molecular formula is C24H24ClF3N2O2. The van der Waals surface area contributed by atoms with Gasteiger partial charge in [-0.15, -0.1) is 12.4 Å². The van der Waals surface area contributed by atoms with Crippen molar-refractivity contribution in [3.05, 3.63) is 77.9 Å². The Morgan fingerprint density at radius 3 is 2.59 bits per heavy atom. The van der Waals surface area contributed by atoms with E-state index in [2.05, 4.69) is 29.6 Å². The summed E-state index contributed by atoms with van der Waals surface area (Å²) in [5.74, 6) is -0.341. The number of hydrogen-bond acceptors (Lipinski definition) is 3. The number of nitrogens with one attached hydrogen (secondary N) is 1. The van der Waals surface area contributed by atoms with Crippen LogP contribution in [0.4, 0.5) is 18.9 Å². The Hall–Kier alpha value is -2.61. The highest BCUT2D eigenvalue weighted by atomic mass is 35.5. The average molecular weight is 465 g/mol. The normalized spacial score (nSPS) is 16.8. The van der Waals surface area contributed by atoms with Crippen LogP contribution in [0.2, 0.25) is 0 Å². The Morgan fingerprint density at radius 2 is 1.78 bits per heavy atom. The van der Waals surface area contributed by atoms with Crippen molar-refractivity contribution in [2.45, 2.75) is 18.7 Å². The Labute approximate surface area is 190 Å². The molecule has 0 bridgehead atoms. The molecule has 1 heterocycles. The molecular weight excluding hydrogens is 441 g/mol. The van der Waals surface area contributed by atoms with E-state index in [0.29, 0.717) is 6.54 Å². The average Bonchev–Trinajstić information content (AvgIpc) is 2.77. The zero-order valence-corrected chi connectivity index (χ0v) is 18.1. The number of carbonyl (C=O) groups is 1. The third-order valence-electron chi connectivity index (χ3n) is 5.44. The highest BCUT2D eigenvalue weighted by Crippen LogP contribution is 2.32. The SMILES string of the molecule is Cl.O=C1COC(CNCCc2cccc3ccccc23)CN1c1cccc(C(F)(F)F)c1. The summed E-state index contributed by atoms with van der Waals surface area (Å²) in [5, 5.41) is 5.77. The number of halogens is 4. The Morgan fingerprint density at radius 1 is 1.03 bits per heavy atom. The smallest absolute Gasteiger partial charge is 0.365 e. The van der Waals surface area contributed by atoms with Gasteiger partial charge in [0.05, 0.1) is 18.2 Å². The topological polar surface area (TPSA) is 41.6 Å². The summed E-state index contributed by atoms with van der Waals surface area (Å²) >= 11 is 0. The lowest BCUT2D eigenvalue weighted by molar-refractivity contribution is -0.137. The van der Waals surface area contributed by atoms with Gasteiger partial charge in [-0.25, -0.2) is 0 Å². The number of ether oxygens (including phenoxy) is 1. The molecule has 1 aliphatic rings. The molecule has 0 spiro atoms. The number of anilines is 1. The number of rotatable bonds is 6. The predicted octanol–water partition coefficient (Wildman–Crippen LogP) is 4.84. The summed E-state index contributed by atoms with van der Waals surface area (Å²) in [6, 6.07) is 19.3. The van der Waals surface area contributed by atoms with Crippen molar-refractivity contribution in [3.8, 4) is 0 Å². The zero-order valence-electron chi connectivity index (χ0n) is 17.3. The van der Waals surface area contributed by atoms with Crippen LogP contribution in [0.5, 0.6) is 0 Å². The van der Waals surface area contributed by atoms with Crippen LogP contribution >= 0.6 is 12.4 Å². The molecule has 0 saturated carbocycles.